The first-order chi connectivity index (χ1) is 24.1. The molecule has 4 fully saturated rings. The highest BCUT2D eigenvalue weighted by Crippen LogP contribution is 2.50. The molecule has 2 saturated heterocycles. The van der Waals surface area contributed by atoms with Gasteiger partial charge in [-0.05, 0) is 129 Å². The number of fused-ring (bicyclic) bond motifs is 3. The average molecular weight is 675 g/mol. The van der Waals surface area contributed by atoms with Gasteiger partial charge in [0.25, 0.3) is 0 Å². The first-order valence-corrected chi connectivity index (χ1v) is 17.9. The van der Waals surface area contributed by atoms with Crippen LogP contribution in [0.25, 0.3) is 10.8 Å². The van der Waals surface area contributed by atoms with Crippen molar-refractivity contribution in [3.8, 4) is 17.2 Å². The molecule has 7 rings (SSSR count). The van der Waals surface area contributed by atoms with Gasteiger partial charge in [0.05, 0.1) is 24.7 Å². The monoisotopic (exact) mass is 674 g/mol. The third-order valence-corrected chi connectivity index (χ3v) is 10.1. The molecule has 10 heteroatoms. The molecule has 0 N–H and O–H groups in total. The summed E-state index contributed by atoms with van der Waals surface area (Å²) in [7, 11) is 0. The fourth-order valence-corrected chi connectivity index (χ4v) is 7.42. The van der Waals surface area contributed by atoms with Crippen molar-refractivity contribution in [2.24, 2.45) is 17.8 Å². The number of ether oxygens (including phenoxy) is 8. The van der Waals surface area contributed by atoms with Gasteiger partial charge in [-0.15, -0.1) is 0 Å². The maximum Gasteiger partial charge on any atom is 0.338 e. The summed E-state index contributed by atoms with van der Waals surface area (Å²) >= 11 is 0. The van der Waals surface area contributed by atoms with Gasteiger partial charge < -0.3 is 37.9 Å². The van der Waals surface area contributed by atoms with Gasteiger partial charge in [0.1, 0.15) is 23.4 Å². The molecule has 0 amide bonds. The Hall–Kier alpha value is -3.70. The second kappa shape index (κ2) is 16.3. The van der Waals surface area contributed by atoms with E-state index in [9.17, 15) is 9.59 Å². The number of carbonyl (C=O) groups is 2. The highest BCUT2D eigenvalue weighted by Gasteiger charge is 2.51. The van der Waals surface area contributed by atoms with Gasteiger partial charge in [-0.2, -0.15) is 0 Å². The van der Waals surface area contributed by atoms with E-state index in [1.54, 1.807) is 18.2 Å². The number of hydrogen-bond donors (Lipinski definition) is 0. The predicted molar refractivity (Wildman–Crippen MR) is 179 cm³/mol. The third kappa shape index (κ3) is 8.91. The van der Waals surface area contributed by atoms with Crippen molar-refractivity contribution in [1.29, 1.82) is 0 Å². The van der Waals surface area contributed by atoms with Gasteiger partial charge in [-0.1, -0.05) is 12.1 Å². The fourth-order valence-electron chi connectivity index (χ4n) is 7.42. The molecule has 0 radical (unpaired) electrons. The van der Waals surface area contributed by atoms with E-state index < -0.39 is 0 Å². The van der Waals surface area contributed by atoms with Crippen LogP contribution in [0.3, 0.4) is 0 Å². The molecule has 0 spiro atoms. The number of benzene rings is 3. The topological polar surface area (TPSA) is 108 Å². The van der Waals surface area contributed by atoms with E-state index in [1.165, 1.54) is 0 Å². The molecule has 49 heavy (non-hydrogen) atoms. The average Bonchev–Trinajstić information content (AvgIpc) is 3.74. The maximum atomic E-state index is 13.1. The lowest BCUT2D eigenvalue weighted by molar-refractivity contribution is -0.190. The molecule has 4 aliphatic rings. The van der Waals surface area contributed by atoms with Crippen LogP contribution in [-0.4, -0.2) is 63.8 Å². The maximum absolute atomic E-state index is 13.1. The van der Waals surface area contributed by atoms with Crippen LogP contribution in [0.4, 0.5) is 0 Å². The Morgan fingerprint density at radius 3 is 2.12 bits per heavy atom. The number of rotatable bonds is 14. The lowest BCUT2D eigenvalue weighted by Gasteiger charge is -2.26. The zero-order chi connectivity index (χ0) is 33.4. The Labute approximate surface area is 287 Å². The molecule has 3 aromatic rings. The van der Waals surface area contributed by atoms with Crippen LogP contribution >= 0.6 is 0 Å². The molecule has 2 heterocycles. The second-order valence-corrected chi connectivity index (χ2v) is 13.5. The molecule has 6 unspecified atom stereocenters. The molecular formula is C39H46O10. The Balaban J connectivity index is 0.825. The molecule has 2 bridgehead atoms. The van der Waals surface area contributed by atoms with E-state index in [4.69, 9.17) is 37.9 Å². The van der Waals surface area contributed by atoms with Gasteiger partial charge >= 0.3 is 11.9 Å². The zero-order valence-electron chi connectivity index (χ0n) is 27.9. The quantitative estimate of drug-likeness (QED) is 0.0754. The van der Waals surface area contributed by atoms with Crippen molar-refractivity contribution in [3.05, 3.63) is 66.2 Å². The van der Waals surface area contributed by atoms with E-state index >= 15 is 0 Å². The smallest absolute Gasteiger partial charge is 0.338 e. The van der Waals surface area contributed by atoms with E-state index in [0.29, 0.717) is 43.1 Å². The SMILES string of the molecule is O=C(OC1CC2CC1CC2C(=O)Oc1ccc(OCCCOC2CCCCO2)cc1)c1ccc2cc(OCOC3CCCCO3)ccc2c1. The minimum Gasteiger partial charge on any atom is -0.494 e. The van der Waals surface area contributed by atoms with Crippen LogP contribution in [0, 0.1) is 17.8 Å². The van der Waals surface area contributed by atoms with Gasteiger partial charge in [-0.25, -0.2) is 4.79 Å². The van der Waals surface area contributed by atoms with Crippen molar-refractivity contribution in [3.63, 3.8) is 0 Å². The van der Waals surface area contributed by atoms with Crippen LogP contribution in [0.1, 0.15) is 74.6 Å². The molecular weight excluding hydrogens is 628 g/mol. The van der Waals surface area contributed by atoms with E-state index in [1.807, 2.05) is 42.5 Å². The number of esters is 2. The van der Waals surface area contributed by atoms with Crippen molar-refractivity contribution >= 4 is 22.7 Å². The largest absolute Gasteiger partial charge is 0.494 e. The molecule has 2 saturated carbocycles. The highest BCUT2D eigenvalue weighted by atomic mass is 16.7. The summed E-state index contributed by atoms with van der Waals surface area (Å²) in [4.78, 5) is 26.2. The van der Waals surface area contributed by atoms with Gasteiger partial charge in [-0.3, -0.25) is 4.79 Å². The summed E-state index contributed by atoms with van der Waals surface area (Å²) in [6.07, 6.45) is 8.74. The lowest BCUT2D eigenvalue weighted by atomic mass is 9.87. The van der Waals surface area contributed by atoms with E-state index in [2.05, 4.69) is 0 Å². The first kappa shape index (κ1) is 33.8. The third-order valence-electron chi connectivity index (χ3n) is 10.1. The van der Waals surface area contributed by atoms with Crippen molar-refractivity contribution < 1.29 is 47.5 Å². The minimum absolute atomic E-state index is 0.0843. The Bertz CT molecular complexity index is 1550. The summed E-state index contributed by atoms with van der Waals surface area (Å²) in [5.74, 6) is 1.44. The van der Waals surface area contributed by atoms with E-state index in [0.717, 1.165) is 81.1 Å². The summed E-state index contributed by atoms with van der Waals surface area (Å²) < 4.78 is 45.9. The van der Waals surface area contributed by atoms with E-state index in [-0.39, 0.29) is 55.2 Å². The summed E-state index contributed by atoms with van der Waals surface area (Å²) in [6, 6.07) is 18.4. The Kier molecular flexibility index (Phi) is 11.3. The number of carbonyl (C=O) groups excluding carboxylic acids is 2. The zero-order valence-corrected chi connectivity index (χ0v) is 27.9. The van der Waals surface area contributed by atoms with Crippen molar-refractivity contribution in [1.82, 2.24) is 0 Å². The van der Waals surface area contributed by atoms with Gasteiger partial charge in [0.15, 0.2) is 19.4 Å². The van der Waals surface area contributed by atoms with Crippen LogP contribution < -0.4 is 14.2 Å². The summed E-state index contributed by atoms with van der Waals surface area (Å²) in [5, 5.41) is 1.88. The van der Waals surface area contributed by atoms with Crippen LogP contribution in [0.15, 0.2) is 60.7 Å². The normalized spacial score (nSPS) is 26.4. The van der Waals surface area contributed by atoms with Gasteiger partial charge in [0, 0.05) is 19.6 Å². The summed E-state index contributed by atoms with van der Waals surface area (Å²) in [6.45, 7) is 2.76. The fraction of sp³-hybridized carbons (Fsp3) is 0.538. The standard InChI is InChI=1S/C39H46O10/c40-38(28-9-8-27-22-33(11-10-26(27)20-28)46-25-47-37-7-2-4-17-44-37)49-35-24-29-21-30(35)23-34(29)39(41)48-32-14-12-31(13-15-32)42-18-5-19-45-36-6-1-3-16-43-36/h8-15,20,22,29-30,34-37H,1-7,16-19,21,23-25H2. The highest BCUT2D eigenvalue weighted by molar-refractivity contribution is 5.95. The second-order valence-electron chi connectivity index (χ2n) is 13.5. The van der Waals surface area contributed by atoms with Crippen LogP contribution in [0.5, 0.6) is 17.2 Å². The molecule has 262 valence electrons. The number of hydrogen-bond acceptors (Lipinski definition) is 10. The molecule has 2 aliphatic heterocycles. The summed E-state index contributed by atoms with van der Waals surface area (Å²) in [5.41, 5.74) is 0.507. The Morgan fingerprint density at radius 1 is 0.673 bits per heavy atom. The molecule has 0 aromatic heterocycles. The lowest BCUT2D eigenvalue weighted by Crippen LogP contribution is -2.32. The predicted octanol–water partition coefficient (Wildman–Crippen LogP) is 7.21. The molecule has 2 aliphatic carbocycles. The first-order valence-electron chi connectivity index (χ1n) is 17.9. The van der Waals surface area contributed by atoms with Gasteiger partial charge in [0.2, 0.25) is 0 Å². The Morgan fingerprint density at radius 2 is 1.39 bits per heavy atom. The van der Waals surface area contributed by atoms with Crippen molar-refractivity contribution in [2.75, 3.05) is 33.2 Å². The van der Waals surface area contributed by atoms with Crippen LogP contribution in [0.2, 0.25) is 0 Å². The molecule has 10 nitrogen and oxygen atoms in total. The van der Waals surface area contributed by atoms with Crippen LogP contribution in [-0.2, 0) is 28.5 Å². The van der Waals surface area contributed by atoms with Crippen molar-refractivity contribution in [2.45, 2.75) is 82.9 Å². The molecule has 3 aromatic carbocycles. The molecule has 6 atom stereocenters. The minimum atomic E-state index is -0.340.